The zero-order chi connectivity index (χ0) is 16.3. The van der Waals surface area contributed by atoms with Gasteiger partial charge in [-0.15, -0.1) is 10.2 Å². The van der Waals surface area contributed by atoms with Crippen LogP contribution in [0.25, 0.3) is 0 Å². The van der Waals surface area contributed by atoms with Gasteiger partial charge in [-0.1, -0.05) is 11.6 Å². The summed E-state index contributed by atoms with van der Waals surface area (Å²) in [6.07, 6.45) is 0.440. The number of hydrogen-bond acceptors (Lipinski definition) is 7. The van der Waals surface area contributed by atoms with Crippen molar-refractivity contribution in [2.75, 3.05) is 31.6 Å². The van der Waals surface area contributed by atoms with Gasteiger partial charge in [-0.3, -0.25) is 0 Å². The van der Waals surface area contributed by atoms with Crippen LogP contribution in [0.15, 0.2) is 6.07 Å². The van der Waals surface area contributed by atoms with Gasteiger partial charge in [-0.2, -0.15) is 0 Å². The van der Waals surface area contributed by atoms with Gasteiger partial charge in [-0.05, 0) is 26.5 Å². The Morgan fingerprint density at radius 3 is 2.91 bits per heavy atom. The van der Waals surface area contributed by atoms with Gasteiger partial charge in [0.1, 0.15) is 5.56 Å². The molecule has 22 heavy (non-hydrogen) atoms. The number of rotatable bonds is 5. The van der Waals surface area contributed by atoms with E-state index >= 15 is 0 Å². The highest BCUT2D eigenvalue weighted by Gasteiger charge is 2.34. The standard InChI is InChI=1S/C12H17ClN4O4S/c1-3-21-12(18)9-6-10(13)15-16-11(9)17-5-4-8(7-17)22(19,20)14-2/h6,8,14H,3-5,7H2,1-2H3/t8-/m0/s1. The molecule has 1 aromatic rings. The lowest BCUT2D eigenvalue weighted by molar-refractivity contribution is 0.0526. The van der Waals surface area contributed by atoms with Crippen LogP contribution >= 0.6 is 11.6 Å². The average molecular weight is 349 g/mol. The summed E-state index contributed by atoms with van der Waals surface area (Å²) in [6.45, 7) is 2.59. The van der Waals surface area contributed by atoms with Crippen molar-refractivity contribution >= 4 is 33.4 Å². The second-order valence-corrected chi connectivity index (χ2v) is 7.28. The molecule has 0 radical (unpaired) electrons. The average Bonchev–Trinajstić information content (AvgIpc) is 2.98. The van der Waals surface area contributed by atoms with Crippen LogP contribution in [-0.4, -0.2) is 56.6 Å². The van der Waals surface area contributed by atoms with Crippen molar-refractivity contribution in [3.63, 3.8) is 0 Å². The van der Waals surface area contributed by atoms with Crippen molar-refractivity contribution in [3.05, 3.63) is 16.8 Å². The molecule has 1 aliphatic heterocycles. The first kappa shape index (κ1) is 16.9. The summed E-state index contributed by atoms with van der Waals surface area (Å²) in [6, 6.07) is 1.38. The molecule has 0 saturated carbocycles. The minimum absolute atomic E-state index is 0.0744. The van der Waals surface area contributed by atoms with Gasteiger partial charge in [0.05, 0.1) is 11.9 Å². The van der Waals surface area contributed by atoms with Crippen LogP contribution in [0.4, 0.5) is 5.82 Å². The number of nitrogens with zero attached hydrogens (tertiary/aromatic N) is 3. The Bertz CT molecular complexity index is 667. The maximum atomic E-state index is 12.0. The van der Waals surface area contributed by atoms with Gasteiger partial charge in [-0.25, -0.2) is 17.9 Å². The van der Waals surface area contributed by atoms with E-state index in [1.807, 2.05) is 0 Å². The minimum atomic E-state index is -3.37. The topological polar surface area (TPSA) is 101 Å². The fourth-order valence-corrected chi connectivity index (χ4v) is 3.57. The lowest BCUT2D eigenvalue weighted by Crippen LogP contribution is -2.34. The predicted octanol–water partition coefficient (Wildman–Crippen LogP) is 0.435. The van der Waals surface area contributed by atoms with Crippen LogP contribution in [0.1, 0.15) is 23.7 Å². The van der Waals surface area contributed by atoms with Crippen molar-refractivity contribution in [1.29, 1.82) is 0 Å². The van der Waals surface area contributed by atoms with E-state index in [4.69, 9.17) is 16.3 Å². The molecule has 0 spiro atoms. The Morgan fingerprint density at radius 1 is 1.55 bits per heavy atom. The third kappa shape index (κ3) is 3.47. The van der Waals surface area contributed by atoms with E-state index in [1.165, 1.54) is 13.1 Å². The van der Waals surface area contributed by atoms with E-state index in [-0.39, 0.29) is 29.7 Å². The van der Waals surface area contributed by atoms with E-state index in [2.05, 4.69) is 14.9 Å². The van der Waals surface area contributed by atoms with Gasteiger partial charge in [0.2, 0.25) is 10.0 Å². The van der Waals surface area contributed by atoms with Crippen molar-refractivity contribution in [1.82, 2.24) is 14.9 Å². The minimum Gasteiger partial charge on any atom is -0.462 e. The second-order valence-electron chi connectivity index (χ2n) is 4.73. The summed E-state index contributed by atoms with van der Waals surface area (Å²) in [4.78, 5) is 13.7. The van der Waals surface area contributed by atoms with E-state index in [0.29, 0.717) is 13.0 Å². The number of nitrogens with one attached hydrogen (secondary N) is 1. The zero-order valence-electron chi connectivity index (χ0n) is 12.2. The van der Waals surface area contributed by atoms with Crippen LogP contribution in [0.2, 0.25) is 5.15 Å². The number of ether oxygens (including phenoxy) is 1. The molecule has 0 unspecified atom stereocenters. The number of anilines is 1. The lowest BCUT2D eigenvalue weighted by Gasteiger charge is -2.19. The smallest absolute Gasteiger partial charge is 0.342 e. The van der Waals surface area contributed by atoms with Gasteiger partial charge >= 0.3 is 5.97 Å². The summed E-state index contributed by atoms with van der Waals surface area (Å²) < 4.78 is 31.0. The number of hydrogen-bond donors (Lipinski definition) is 1. The Hall–Kier alpha value is -1.45. The Morgan fingerprint density at radius 2 is 2.27 bits per heavy atom. The van der Waals surface area contributed by atoms with Gasteiger partial charge in [0, 0.05) is 13.1 Å². The van der Waals surface area contributed by atoms with Crippen LogP contribution in [0.5, 0.6) is 0 Å². The van der Waals surface area contributed by atoms with Crippen molar-refractivity contribution in [2.24, 2.45) is 0 Å². The van der Waals surface area contributed by atoms with Crippen LogP contribution < -0.4 is 9.62 Å². The van der Waals surface area contributed by atoms with Gasteiger partial charge < -0.3 is 9.64 Å². The molecule has 2 rings (SSSR count). The fourth-order valence-electron chi connectivity index (χ4n) is 2.29. The molecule has 1 atom stereocenters. The normalized spacial score (nSPS) is 18.5. The first-order valence-electron chi connectivity index (χ1n) is 6.76. The van der Waals surface area contributed by atoms with Gasteiger partial charge in [0.15, 0.2) is 11.0 Å². The summed E-state index contributed by atoms with van der Waals surface area (Å²) in [5.41, 5.74) is 0.185. The molecule has 1 N–H and O–H groups in total. The lowest BCUT2D eigenvalue weighted by atomic mass is 10.2. The number of sulfonamides is 1. The Balaban J connectivity index is 2.28. The predicted molar refractivity (Wildman–Crippen MR) is 81.6 cm³/mol. The molecule has 0 amide bonds. The molecule has 1 saturated heterocycles. The number of aromatic nitrogens is 2. The third-order valence-corrected chi connectivity index (χ3v) is 5.42. The third-order valence-electron chi connectivity index (χ3n) is 3.41. The van der Waals surface area contributed by atoms with Crippen LogP contribution in [0, 0.1) is 0 Å². The van der Waals surface area contributed by atoms with E-state index in [0.717, 1.165) is 0 Å². The van der Waals surface area contributed by atoms with E-state index in [9.17, 15) is 13.2 Å². The highest BCUT2D eigenvalue weighted by atomic mass is 35.5. The molecule has 0 bridgehead atoms. The SMILES string of the molecule is CCOC(=O)c1cc(Cl)nnc1N1CC[C@H](S(=O)(=O)NC)C1. The Kier molecular flexibility index (Phi) is 5.20. The maximum absolute atomic E-state index is 12.0. The summed E-state index contributed by atoms with van der Waals surface area (Å²) in [5.74, 6) is -0.272. The highest BCUT2D eigenvalue weighted by molar-refractivity contribution is 7.90. The molecule has 2 heterocycles. The van der Waals surface area contributed by atoms with Crippen LogP contribution in [-0.2, 0) is 14.8 Å². The number of esters is 1. The quantitative estimate of drug-likeness (QED) is 0.770. The summed E-state index contributed by atoms with van der Waals surface area (Å²) >= 11 is 5.79. The molecule has 0 aliphatic carbocycles. The first-order chi connectivity index (χ1) is 10.4. The van der Waals surface area contributed by atoms with E-state index in [1.54, 1.807) is 11.8 Å². The molecule has 122 valence electrons. The van der Waals surface area contributed by atoms with E-state index < -0.39 is 21.2 Å². The molecule has 1 aliphatic rings. The molecule has 0 aromatic carbocycles. The number of carbonyl (C=O) groups is 1. The zero-order valence-corrected chi connectivity index (χ0v) is 13.8. The largest absolute Gasteiger partial charge is 0.462 e. The van der Waals surface area contributed by atoms with Gasteiger partial charge in [0.25, 0.3) is 0 Å². The molecular formula is C12H17ClN4O4S. The van der Waals surface area contributed by atoms with Crippen molar-refractivity contribution < 1.29 is 17.9 Å². The molecule has 1 fully saturated rings. The number of halogens is 1. The molecule has 1 aromatic heterocycles. The van der Waals surface area contributed by atoms with Crippen LogP contribution in [0.3, 0.4) is 0 Å². The number of carbonyl (C=O) groups excluding carboxylic acids is 1. The van der Waals surface area contributed by atoms with Crippen molar-refractivity contribution in [2.45, 2.75) is 18.6 Å². The highest BCUT2D eigenvalue weighted by Crippen LogP contribution is 2.26. The Labute approximate surface area is 133 Å². The molecule has 10 heteroatoms. The summed E-state index contributed by atoms with van der Waals surface area (Å²) in [7, 11) is -1.99. The maximum Gasteiger partial charge on any atom is 0.342 e. The fraction of sp³-hybridized carbons (Fsp3) is 0.583. The molecule has 8 nitrogen and oxygen atoms in total. The monoisotopic (exact) mass is 348 g/mol. The first-order valence-corrected chi connectivity index (χ1v) is 8.69. The molecular weight excluding hydrogens is 332 g/mol. The summed E-state index contributed by atoms with van der Waals surface area (Å²) in [5, 5.41) is 7.18. The second kappa shape index (κ2) is 6.76. The van der Waals surface area contributed by atoms with Crippen molar-refractivity contribution in [3.8, 4) is 0 Å².